The number of nitro groups is 1. The van der Waals surface area contributed by atoms with Crippen LogP contribution in [0.5, 0.6) is 0 Å². The van der Waals surface area contributed by atoms with E-state index in [2.05, 4.69) is 11.9 Å². The highest BCUT2D eigenvalue weighted by molar-refractivity contribution is 5.74. The number of hydrogen-bond acceptors (Lipinski definition) is 5. The van der Waals surface area contributed by atoms with E-state index in [0.29, 0.717) is 43.4 Å². The number of hydrogen-bond donors (Lipinski definition) is 0. The molecule has 2 bridgehead atoms. The zero-order chi connectivity index (χ0) is 17.3. The van der Waals surface area contributed by atoms with Crippen LogP contribution in [0.2, 0.25) is 0 Å². The SMILES string of the molecule is CCCOC(=O)C1C2CC[C@H](C[C@@H]1C1CCC([N+](=O)[O-])CC1)N2C. The van der Waals surface area contributed by atoms with E-state index in [-0.39, 0.29) is 22.9 Å². The minimum atomic E-state index is -0.380. The summed E-state index contributed by atoms with van der Waals surface area (Å²) >= 11 is 0. The maximum atomic E-state index is 12.8. The molecule has 24 heavy (non-hydrogen) atoms. The first-order chi connectivity index (χ1) is 11.5. The van der Waals surface area contributed by atoms with Crippen LogP contribution in [-0.4, -0.2) is 47.6 Å². The van der Waals surface area contributed by atoms with Gasteiger partial charge in [-0.05, 0) is 57.4 Å². The molecule has 0 N–H and O–H groups in total. The molecule has 0 aromatic heterocycles. The lowest BCUT2D eigenvalue weighted by Crippen LogP contribution is -2.52. The van der Waals surface area contributed by atoms with Crippen molar-refractivity contribution in [3.63, 3.8) is 0 Å². The van der Waals surface area contributed by atoms with Gasteiger partial charge in [0.1, 0.15) is 0 Å². The van der Waals surface area contributed by atoms with Crippen molar-refractivity contribution in [3.8, 4) is 0 Å². The van der Waals surface area contributed by atoms with Gasteiger partial charge in [0.25, 0.3) is 0 Å². The Hall–Kier alpha value is -1.17. The fourth-order valence-electron chi connectivity index (χ4n) is 5.36. The van der Waals surface area contributed by atoms with Crippen LogP contribution in [0, 0.1) is 27.9 Å². The van der Waals surface area contributed by atoms with Gasteiger partial charge in [-0.1, -0.05) is 6.92 Å². The Balaban J connectivity index is 1.72. The van der Waals surface area contributed by atoms with E-state index in [9.17, 15) is 14.9 Å². The quantitative estimate of drug-likeness (QED) is 0.438. The Morgan fingerprint density at radius 1 is 1.21 bits per heavy atom. The molecule has 6 heteroatoms. The van der Waals surface area contributed by atoms with Crippen molar-refractivity contribution in [2.45, 2.75) is 76.4 Å². The Kier molecular flexibility index (Phi) is 5.42. The van der Waals surface area contributed by atoms with Crippen molar-refractivity contribution >= 4 is 5.97 Å². The molecule has 2 unspecified atom stereocenters. The lowest BCUT2D eigenvalue weighted by atomic mass is 9.68. The molecule has 3 aliphatic rings. The number of piperidine rings is 1. The van der Waals surface area contributed by atoms with Gasteiger partial charge in [0.15, 0.2) is 0 Å². The summed E-state index contributed by atoms with van der Waals surface area (Å²) in [5.41, 5.74) is 0. The number of rotatable bonds is 5. The van der Waals surface area contributed by atoms with E-state index in [0.717, 1.165) is 32.1 Å². The first kappa shape index (κ1) is 17.6. The summed E-state index contributed by atoms with van der Waals surface area (Å²) in [7, 11) is 2.14. The van der Waals surface area contributed by atoms with Crippen LogP contribution in [0.3, 0.4) is 0 Å². The lowest BCUT2D eigenvalue weighted by Gasteiger charge is -2.45. The topological polar surface area (TPSA) is 72.7 Å². The van der Waals surface area contributed by atoms with Crippen molar-refractivity contribution in [1.29, 1.82) is 0 Å². The maximum Gasteiger partial charge on any atom is 0.310 e. The molecule has 2 saturated heterocycles. The third-order valence-corrected chi connectivity index (χ3v) is 6.68. The van der Waals surface area contributed by atoms with Crippen LogP contribution in [0.25, 0.3) is 0 Å². The van der Waals surface area contributed by atoms with Gasteiger partial charge in [0, 0.05) is 29.8 Å². The van der Waals surface area contributed by atoms with Gasteiger partial charge in [-0.25, -0.2) is 0 Å². The predicted octanol–water partition coefficient (Wildman–Crippen LogP) is 2.87. The summed E-state index contributed by atoms with van der Waals surface area (Å²) in [6.07, 6.45) is 7.24. The fraction of sp³-hybridized carbons (Fsp3) is 0.944. The van der Waals surface area contributed by atoms with Crippen LogP contribution in [-0.2, 0) is 9.53 Å². The molecular formula is C18H30N2O4. The predicted molar refractivity (Wildman–Crippen MR) is 90.2 cm³/mol. The smallest absolute Gasteiger partial charge is 0.310 e. The molecule has 1 aliphatic carbocycles. The highest BCUT2D eigenvalue weighted by atomic mass is 16.6. The molecule has 4 atom stereocenters. The Labute approximate surface area is 144 Å². The van der Waals surface area contributed by atoms with Gasteiger partial charge in [-0.3, -0.25) is 19.8 Å². The first-order valence-electron chi connectivity index (χ1n) is 9.55. The molecule has 0 aromatic carbocycles. The molecule has 0 aromatic rings. The summed E-state index contributed by atoms with van der Waals surface area (Å²) in [4.78, 5) is 26.0. The van der Waals surface area contributed by atoms with Crippen LogP contribution in [0.15, 0.2) is 0 Å². The Morgan fingerprint density at radius 2 is 1.92 bits per heavy atom. The molecular weight excluding hydrogens is 308 g/mol. The van der Waals surface area contributed by atoms with Gasteiger partial charge in [-0.15, -0.1) is 0 Å². The highest BCUT2D eigenvalue weighted by Gasteiger charge is 2.52. The van der Waals surface area contributed by atoms with E-state index >= 15 is 0 Å². The van der Waals surface area contributed by atoms with Gasteiger partial charge < -0.3 is 4.74 Å². The van der Waals surface area contributed by atoms with E-state index in [1.165, 1.54) is 6.42 Å². The molecule has 0 spiro atoms. The van der Waals surface area contributed by atoms with E-state index < -0.39 is 0 Å². The summed E-state index contributed by atoms with van der Waals surface area (Å²) in [5, 5.41) is 11.0. The van der Waals surface area contributed by atoms with Crippen molar-refractivity contribution in [1.82, 2.24) is 4.90 Å². The Morgan fingerprint density at radius 3 is 2.54 bits per heavy atom. The van der Waals surface area contributed by atoms with Crippen LogP contribution < -0.4 is 0 Å². The molecule has 0 amide bonds. The average molecular weight is 338 g/mol. The first-order valence-corrected chi connectivity index (χ1v) is 9.55. The second-order valence-electron chi connectivity index (χ2n) is 7.91. The van der Waals surface area contributed by atoms with Crippen molar-refractivity contribution in [2.24, 2.45) is 17.8 Å². The molecule has 2 aliphatic heterocycles. The third kappa shape index (κ3) is 3.30. The summed E-state index contributed by atoms with van der Waals surface area (Å²) in [5.74, 6) is 0.709. The lowest BCUT2D eigenvalue weighted by molar-refractivity contribution is -0.527. The zero-order valence-corrected chi connectivity index (χ0v) is 14.9. The number of carbonyl (C=O) groups is 1. The van der Waals surface area contributed by atoms with Gasteiger partial charge in [0.05, 0.1) is 12.5 Å². The monoisotopic (exact) mass is 338 g/mol. The maximum absolute atomic E-state index is 12.8. The van der Waals surface area contributed by atoms with Crippen LogP contribution in [0.1, 0.15) is 58.3 Å². The van der Waals surface area contributed by atoms with Gasteiger partial charge >= 0.3 is 5.97 Å². The van der Waals surface area contributed by atoms with Crippen LogP contribution in [0.4, 0.5) is 0 Å². The minimum Gasteiger partial charge on any atom is -0.465 e. The largest absolute Gasteiger partial charge is 0.465 e. The summed E-state index contributed by atoms with van der Waals surface area (Å²) in [6.45, 7) is 2.51. The molecule has 6 nitrogen and oxygen atoms in total. The van der Waals surface area contributed by atoms with E-state index in [1.807, 2.05) is 6.92 Å². The number of ether oxygens (including phenoxy) is 1. The van der Waals surface area contributed by atoms with Crippen LogP contribution >= 0.6 is 0 Å². The zero-order valence-electron chi connectivity index (χ0n) is 14.9. The summed E-state index contributed by atoms with van der Waals surface area (Å²) < 4.78 is 5.54. The second kappa shape index (κ2) is 7.38. The van der Waals surface area contributed by atoms with Crippen molar-refractivity contribution < 1.29 is 14.5 Å². The highest BCUT2D eigenvalue weighted by Crippen LogP contribution is 2.48. The van der Waals surface area contributed by atoms with Gasteiger partial charge in [-0.2, -0.15) is 0 Å². The average Bonchev–Trinajstić information content (AvgIpc) is 2.82. The second-order valence-corrected chi connectivity index (χ2v) is 7.91. The normalized spacial score (nSPS) is 39.6. The number of carbonyl (C=O) groups excluding carboxylic acids is 1. The van der Waals surface area contributed by atoms with E-state index in [1.54, 1.807) is 0 Å². The summed E-state index contributed by atoms with van der Waals surface area (Å²) in [6, 6.07) is 0.490. The fourth-order valence-corrected chi connectivity index (χ4v) is 5.36. The molecule has 0 radical (unpaired) electrons. The minimum absolute atomic E-state index is 0.0320. The molecule has 3 fully saturated rings. The van der Waals surface area contributed by atoms with E-state index in [4.69, 9.17) is 4.74 Å². The third-order valence-electron chi connectivity index (χ3n) is 6.68. The number of esters is 1. The number of fused-ring (bicyclic) bond motifs is 2. The van der Waals surface area contributed by atoms with Crippen molar-refractivity contribution in [3.05, 3.63) is 10.1 Å². The molecule has 136 valence electrons. The van der Waals surface area contributed by atoms with Crippen molar-refractivity contribution in [2.75, 3.05) is 13.7 Å². The number of nitrogens with zero attached hydrogens (tertiary/aromatic N) is 2. The molecule has 2 heterocycles. The Bertz CT molecular complexity index is 476. The molecule has 3 rings (SSSR count). The molecule has 1 saturated carbocycles. The standard InChI is InChI=1S/C18H30N2O4/c1-3-10-24-18(21)17-15(11-14-8-9-16(17)19(14)2)12-4-6-13(7-5-12)20(22)23/h12-17H,3-11H2,1-2H3/t12?,13?,14-,15-,16?,17?/m1/s1. The van der Waals surface area contributed by atoms with Gasteiger partial charge in [0.2, 0.25) is 6.04 Å².